The van der Waals surface area contributed by atoms with Crippen molar-refractivity contribution in [2.45, 2.75) is 31.5 Å². The van der Waals surface area contributed by atoms with Gasteiger partial charge in [-0.2, -0.15) is 11.8 Å². The Balaban J connectivity index is 1.78. The molecule has 0 unspecified atom stereocenters. The minimum atomic E-state index is -0.884. The van der Waals surface area contributed by atoms with Gasteiger partial charge < -0.3 is 14.5 Å². The van der Waals surface area contributed by atoms with Crippen molar-refractivity contribution in [1.82, 2.24) is 5.32 Å². The molecule has 0 radical (unpaired) electrons. The number of nitrogens with one attached hydrogen (secondary N) is 1. The molecular weight excluding hydrogens is 374 g/mol. The maximum Gasteiger partial charge on any atom is 0.375 e. The number of fused-ring (bicyclic) bond motifs is 1. The first-order valence-electron chi connectivity index (χ1n) is 9.21. The van der Waals surface area contributed by atoms with Gasteiger partial charge in [-0.25, -0.2) is 4.79 Å². The van der Waals surface area contributed by atoms with Crippen LogP contribution in [0.25, 0.3) is 11.0 Å². The molecule has 28 heavy (non-hydrogen) atoms. The fourth-order valence-corrected chi connectivity index (χ4v) is 3.86. The monoisotopic (exact) mass is 397 g/mol. The molecule has 0 fully saturated rings. The lowest BCUT2D eigenvalue weighted by molar-refractivity contribution is -0.129. The number of hydrogen-bond acceptors (Lipinski definition) is 5. The van der Waals surface area contributed by atoms with E-state index in [0.29, 0.717) is 17.9 Å². The third-order valence-corrected chi connectivity index (χ3v) is 5.28. The number of likely N-dealkylation sites (N-methyl/N-ethyl adjacent to an activating group) is 1. The number of para-hydroxylation sites is 1. The van der Waals surface area contributed by atoms with Gasteiger partial charge in [0.1, 0.15) is 5.58 Å². The Morgan fingerprint density at radius 2 is 1.79 bits per heavy atom. The van der Waals surface area contributed by atoms with Crippen molar-refractivity contribution in [1.29, 1.82) is 0 Å². The highest BCUT2D eigenvalue weighted by molar-refractivity contribution is 7.97. The third-order valence-electron chi connectivity index (χ3n) is 4.25. The van der Waals surface area contributed by atoms with E-state index in [1.54, 1.807) is 18.7 Å². The van der Waals surface area contributed by atoms with E-state index in [2.05, 4.69) is 17.4 Å². The zero-order chi connectivity index (χ0) is 19.9. The van der Waals surface area contributed by atoms with E-state index in [9.17, 15) is 9.59 Å². The maximum absolute atomic E-state index is 12.7. The lowest BCUT2D eigenvalue weighted by Crippen LogP contribution is -2.35. The summed E-state index contributed by atoms with van der Waals surface area (Å²) in [6.07, 6.45) is -0.884. The molecule has 1 aromatic heterocycles. The molecule has 1 heterocycles. The van der Waals surface area contributed by atoms with Crippen LogP contribution in [0.3, 0.4) is 0 Å². The van der Waals surface area contributed by atoms with E-state index >= 15 is 0 Å². The maximum atomic E-state index is 12.7. The van der Waals surface area contributed by atoms with Crippen molar-refractivity contribution in [3.05, 3.63) is 71.5 Å². The number of hydrogen-bond donors (Lipinski definition) is 1. The highest BCUT2D eigenvalue weighted by atomic mass is 32.2. The lowest BCUT2D eigenvalue weighted by atomic mass is 10.1. The van der Waals surface area contributed by atoms with Gasteiger partial charge >= 0.3 is 5.97 Å². The molecule has 1 atom stereocenters. The van der Waals surface area contributed by atoms with E-state index in [0.717, 1.165) is 16.7 Å². The van der Waals surface area contributed by atoms with Gasteiger partial charge in [0.15, 0.2) is 6.10 Å². The summed E-state index contributed by atoms with van der Waals surface area (Å²) in [6, 6.07) is 17.7. The average Bonchev–Trinajstić information content (AvgIpc) is 3.08. The first-order chi connectivity index (χ1) is 13.6. The van der Waals surface area contributed by atoms with Crippen LogP contribution in [-0.4, -0.2) is 24.5 Å². The van der Waals surface area contributed by atoms with Crippen LogP contribution in [0, 0.1) is 0 Å². The second-order valence-electron chi connectivity index (χ2n) is 6.33. The first kappa shape index (κ1) is 20.0. The van der Waals surface area contributed by atoms with Gasteiger partial charge in [0.2, 0.25) is 5.76 Å². The average molecular weight is 397 g/mol. The number of benzene rings is 2. The van der Waals surface area contributed by atoms with Crippen LogP contribution < -0.4 is 5.32 Å². The summed E-state index contributed by atoms with van der Waals surface area (Å²) in [7, 11) is 0. The van der Waals surface area contributed by atoms with Crippen molar-refractivity contribution < 1.29 is 18.7 Å². The predicted molar refractivity (Wildman–Crippen MR) is 111 cm³/mol. The topological polar surface area (TPSA) is 68.5 Å². The lowest BCUT2D eigenvalue weighted by Gasteiger charge is -2.12. The zero-order valence-electron chi connectivity index (χ0n) is 15.9. The standard InChI is InChI=1S/C22H23NO4S/c1-3-23-21(24)15(2)26-22(25)20-18(17-11-7-8-12-19(17)27-20)14-28-13-16-9-5-4-6-10-16/h4-12,15H,3,13-14H2,1-2H3,(H,23,24)/t15-/m0/s1. The quantitative estimate of drug-likeness (QED) is 0.565. The Morgan fingerprint density at radius 3 is 2.54 bits per heavy atom. The van der Waals surface area contributed by atoms with Crippen LogP contribution in [-0.2, 0) is 21.0 Å². The molecule has 0 aliphatic carbocycles. The highest BCUT2D eigenvalue weighted by Gasteiger charge is 2.25. The number of thioether (sulfide) groups is 1. The van der Waals surface area contributed by atoms with Gasteiger partial charge in [-0.05, 0) is 25.5 Å². The molecular formula is C22H23NO4S. The summed E-state index contributed by atoms with van der Waals surface area (Å²) < 4.78 is 11.1. The molecule has 0 saturated carbocycles. The van der Waals surface area contributed by atoms with Gasteiger partial charge in [-0.1, -0.05) is 48.5 Å². The summed E-state index contributed by atoms with van der Waals surface area (Å²) in [5.41, 5.74) is 2.65. The van der Waals surface area contributed by atoms with Crippen molar-refractivity contribution in [3.63, 3.8) is 0 Å². The second-order valence-corrected chi connectivity index (χ2v) is 7.31. The summed E-state index contributed by atoms with van der Waals surface area (Å²) in [6.45, 7) is 3.84. The molecule has 146 valence electrons. The van der Waals surface area contributed by atoms with Crippen LogP contribution in [0.5, 0.6) is 0 Å². The molecule has 0 bridgehead atoms. The molecule has 0 saturated heterocycles. The number of esters is 1. The first-order valence-corrected chi connectivity index (χ1v) is 10.4. The van der Waals surface area contributed by atoms with Crippen LogP contribution in [0.15, 0.2) is 59.0 Å². The smallest absolute Gasteiger partial charge is 0.375 e. The number of amides is 1. The van der Waals surface area contributed by atoms with Gasteiger partial charge in [0, 0.05) is 29.0 Å². The number of carbonyl (C=O) groups excluding carboxylic acids is 2. The highest BCUT2D eigenvalue weighted by Crippen LogP contribution is 2.31. The number of rotatable bonds is 8. The molecule has 1 amide bonds. The summed E-state index contributed by atoms with van der Waals surface area (Å²) in [5, 5.41) is 3.53. The summed E-state index contributed by atoms with van der Waals surface area (Å²) in [4.78, 5) is 24.6. The van der Waals surface area contributed by atoms with Gasteiger partial charge in [0.05, 0.1) is 0 Å². The minimum absolute atomic E-state index is 0.165. The van der Waals surface area contributed by atoms with Gasteiger partial charge in [-0.3, -0.25) is 4.79 Å². The predicted octanol–water partition coefficient (Wildman–Crippen LogP) is 4.55. The van der Waals surface area contributed by atoms with E-state index in [-0.39, 0.29) is 11.7 Å². The number of ether oxygens (including phenoxy) is 1. The Bertz CT molecular complexity index is 952. The van der Waals surface area contributed by atoms with Crippen LogP contribution in [0.4, 0.5) is 0 Å². The Labute approximate surface area is 168 Å². The molecule has 0 aliphatic heterocycles. The van der Waals surface area contributed by atoms with Crippen LogP contribution >= 0.6 is 11.8 Å². The fourth-order valence-electron chi connectivity index (χ4n) is 2.84. The van der Waals surface area contributed by atoms with Crippen molar-refractivity contribution in [2.24, 2.45) is 0 Å². The molecule has 3 rings (SSSR count). The van der Waals surface area contributed by atoms with Crippen molar-refractivity contribution in [2.75, 3.05) is 6.54 Å². The molecule has 0 aliphatic rings. The third kappa shape index (κ3) is 4.75. The molecule has 0 spiro atoms. The molecule has 5 nitrogen and oxygen atoms in total. The molecule has 6 heteroatoms. The molecule has 2 aromatic carbocycles. The Kier molecular flexibility index (Phi) is 6.76. The van der Waals surface area contributed by atoms with E-state index in [4.69, 9.17) is 9.15 Å². The Hall–Kier alpha value is -2.73. The summed E-state index contributed by atoms with van der Waals surface area (Å²) in [5.74, 6) is 0.644. The summed E-state index contributed by atoms with van der Waals surface area (Å²) >= 11 is 1.70. The largest absolute Gasteiger partial charge is 0.449 e. The van der Waals surface area contributed by atoms with Crippen molar-refractivity contribution >= 4 is 34.6 Å². The van der Waals surface area contributed by atoms with E-state index in [1.165, 1.54) is 5.56 Å². The van der Waals surface area contributed by atoms with Crippen LogP contribution in [0.2, 0.25) is 0 Å². The van der Waals surface area contributed by atoms with Gasteiger partial charge in [0.25, 0.3) is 5.91 Å². The zero-order valence-corrected chi connectivity index (χ0v) is 16.8. The molecule has 1 N–H and O–H groups in total. The SMILES string of the molecule is CCNC(=O)[C@H](C)OC(=O)c1oc2ccccc2c1CSCc1ccccc1. The Morgan fingerprint density at radius 1 is 1.07 bits per heavy atom. The molecule has 3 aromatic rings. The second kappa shape index (κ2) is 9.46. The number of furan rings is 1. The number of carbonyl (C=O) groups is 2. The fraction of sp³-hybridized carbons (Fsp3) is 0.273. The van der Waals surface area contributed by atoms with E-state index in [1.807, 2.05) is 49.4 Å². The van der Waals surface area contributed by atoms with Crippen molar-refractivity contribution in [3.8, 4) is 0 Å². The van der Waals surface area contributed by atoms with Crippen LogP contribution in [0.1, 0.15) is 35.5 Å². The minimum Gasteiger partial charge on any atom is -0.449 e. The van der Waals surface area contributed by atoms with E-state index < -0.39 is 12.1 Å². The normalized spacial score (nSPS) is 11.9. The van der Waals surface area contributed by atoms with Gasteiger partial charge in [-0.15, -0.1) is 0 Å².